The van der Waals surface area contributed by atoms with Gasteiger partial charge in [-0.1, -0.05) is 48.0 Å². The van der Waals surface area contributed by atoms with E-state index in [1.165, 1.54) is 11.3 Å². The minimum absolute atomic E-state index is 0.0482. The molecule has 2 aromatic carbocycles. The number of thiophene rings is 1. The van der Waals surface area contributed by atoms with Crippen LogP contribution in [0.2, 0.25) is 0 Å². The third kappa shape index (κ3) is 4.79. The average molecular weight is 489 g/mol. The van der Waals surface area contributed by atoms with E-state index in [4.69, 9.17) is 9.72 Å². The molecule has 0 bridgehead atoms. The third-order valence-electron chi connectivity index (χ3n) is 6.55. The van der Waals surface area contributed by atoms with E-state index in [0.29, 0.717) is 43.1 Å². The predicted octanol–water partition coefficient (Wildman–Crippen LogP) is 4.50. The summed E-state index contributed by atoms with van der Waals surface area (Å²) in [6, 6.07) is 15.9. The number of benzene rings is 2. The molecule has 4 aromatic rings. The smallest absolute Gasteiger partial charge is 0.270 e. The van der Waals surface area contributed by atoms with Gasteiger partial charge in [0.1, 0.15) is 10.4 Å². The first-order valence-electron chi connectivity index (χ1n) is 11.8. The molecule has 0 radical (unpaired) electrons. The van der Waals surface area contributed by atoms with Crippen molar-refractivity contribution in [2.75, 3.05) is 25.1 Å². The zero-order valence-electron chi connectivity index (χ0n) is 19.8. The Kier molecular flexibility index (Phi) is 6.55. The Morgan fingerprint density at radius 2 is 2.00 bits per heavy atom. The molecule has 0 saturated carbocycles. The number of aromatic nitrogens is 2. The summed E-state index contributed by atoms with van der Waals surface area (Å²) in [4.78, 5) is 35.5. The zero-order chi connectivity index (χ0) is 24.4. The number of nitrogens with one attached hydrogen (secondary N) is 2. The van der Waals surface area contributed by atoms with Crippen molar-refractivity contribution in [3.05, 3.63) is 75.4 Å². The number of carbonyl (C=O) groups excluding carboxylic acids is 1. The van der Waals surface area contributed by atoms with Gasteiger partial charge in [-0.2, -0.15) is 0 Å². The molecule has 1 aliphatic rings. The minimum atomic E-state index is -0.120. The maximum Gasteiger partial charge on any atom is 0.270 e. The van der Waals surface area contributed by atoms with Crippen LogP contribution in [0.5, 0.6) is 5.75 Å². The molecule has 0 aliphatic carbocycles. The van der Waals surface area contributed by atoms with Crippen LogP contribution < -0.4 is 20.5 Å². The Morgan fingerprint density at radius 3 is 2.77 bits per heavy atom. The molecule has 1 saturated heterocycles. The maximum atomic E-state index is 12.8. The van der Waals surface area contributed by atoms with Crippen LogP contribution in [-0.4, -0.2) is 36.1 Å². The van der Waals surface area contributed by atoms with Crippen LogP contribution in [0.4, 0.5) is 5.95 Å². The SMILES string of the molecule is COc1ccccc1CNC(=O)C1CCN(c2nc3c(-c4cccc(C)c4)csc3c(=O)[nH]2)CC1. The normalized spacial score (nSPS) is 14.3. The predicted molar refractivity (Wildman–Crippen MR) is 140 cm³/mol. The van der Waals surface area contributed by atoms with Gasteiger partial charge in [-0.15, -0.1) is 11.3 Å². The molecule has 3 heterocycles. The molecular formula is C27H28N4O3S. The minimum Gasteiger partial charge on any atom is -0.496 e. The average Bonchev–Trinajstić information content (AvgIpc) is 3.32. The number of hydrogen-bond donors (Lipinski definition) is 2. The Hall–Kier alpha value is -3.65. The maximum absolute atomic E-state index is 12.8. The van der Waals surface area contributed by atoms with Crippen LogP contribution in [-0.2, 0) is 11.3 Å². The second kappa shape index (κ2) is 9.92. The fourth-order valence-electron chi connectivity index (χ4n) is 4.61. The molecule has 7 nitrogen and oxygen atoms in total. The molecule has 5 rings (SSSR count). The third-order valence-corrected chi connectivity index (χ3v) is 7.52. The second-order valence-corrected chi connectivity index (χ2v) is 9.76. The molecule has 0 atom stereocenters. The highest BCUT2D eigenvalue weighted by Gasteiger charge is 2.27. The Morgan fingerprint density at radius 1 is 1.20 bits per heavy atom. The Balaban J connectivity index is 1.28. The van der Waals surface area contributed by atoms with Crippen LogP contribution in [0.1, 0.15) is 24.0 Å². The van der Waals surface area contributed by atoms with Crippen molar-refractivity contribution in [3.63, 3.8) is 0 Å². The number of aromatic amines is 1. The summed E-state index contributed by atoms with van der Waals surface area (Å²) in [5.41, 5.74) is 4.77. The number of nitrogens with zero attached hydrogens (tertiary/aromatic N) is 2. The van der Waals surface area contributed by atoms with Crippen molar-refractivity contribution in [1.29, 1.82) is 0 Å². The van der Waals surface area contributed by atoms with Crippen LogP contribution in [0.15, 0.2) is 58.7 Å². The lowest BCUT2D eigenvalue weighted by Crippen LogP contribution is -2.41. The lowest BCUT2D eigenvalue weighted by Gasteiger charge is -2.31. The first-order chi connectivity index (χ1) is 17.0. The number of H-pyrrole nitrogens is 1. The van der Waals surface area contributed by atoms with Crippen LogP contribution in [0.25, 0.3) is 21.3 Å². The van der Waals surface area contributed by atoms with Crippen LogP contribution >= 0.6 is 11.3 Å². The number of amides is 1. The van der Waals surface area contributed by atoms with Gasteiger partial charge in [0.15, 0.2) is 0 Å². The fourth-order valence-corrected chi connectivity index (χ4v) is 5.52. The summed E-state index contributed by atoms with van der Waals surface area (Å²) in [5, 5.41) is 5.05. The summed E-state index contributed by atoms with van der Waals surface area (Å²) in [5.74, 6) is 1.32. The lowest BCUT2D eigenvalue weighted by molar-refractivity contribution is -0.125. The number of aryl methyl sites for hydroxylation is 1. The van der Waals surface area contributed by atoms with Crippen LogP contribution in [0, 0.1) is 12.8 Å². The first-order valence-corrected chi connectivity index (χ1v) is 12.6. The molecule has 8 heteroatoms. The van der Waals surface area contributed by atoms with E-state index < -0.39 is 0 Å². The molecular weight excluding hydrogens is 460 g/mol. The highest BCUT2D eigenvalue weighted by molar-refractivity contribution is 7.17. The van der Waals surface area contributed by atoms with Crippen molar-refractivity contribution in [1.82, 2.24) is 15.3 Å². The van der Waals surface area contributed by atoms with E-state index in [2.05, 4.69) is 34.3 Å². The van der Waals surface area contributed by atoms with Gasteiger partial charge in [0, 0.05) is 42.1 Å². The topological polar surface area (TPSA) is 87.3 Å². The van der Waals surface area contributed by atoms with Crippen LogP contribution in [0.3, 0.4) is 0 Å². The van der Waals surface area contributed by atoms with Gasteiger partial charge >= 0.3 is 0 Å². The first kappa shape index (κ1) is 23.1. The number of fused-ring (bicyclic) bond motifs is 1. The summed E-state index contributed by atoms with van der Waals surface area (Å²) < 4.78 is 6.00. The zero-order valence-corrected chi connectivity index (χ0v) is 20.7. The van der Waals surface area contributed by atoms with Crippen molar-refractivity contribution >= 4 is 33.4 Å². The number of rotatable bonds is 6. The van der Waals surface area contributed by atoms with Gasteiger partial charge in [0.05, 0.1) is 12.6 Å². The highest BCUT2D eigenvalue weighted by atomic mass is 32.1. The number of anilines is 1. The number of ether oxygens (including phenoxy) is 1. The molecule has 2 N–H and O–H groups in total. The van der Waals surface area contributed by atoms with Crippen molar-refractivity contribution in [2.45, 2.75) is 26.3 Å². The number of methoxy groups -OCH3 is 1. The Bertz CT molecular complexity index is 1420. The lowest BCUT2D eigenvalue weighted by atomic mass is 9.96. The van der Waals surface area contributed by atoms with Gasteiger partial charge in [0.25, 0.3) is 5.56 Å². The highest BCUT2D eigenvalue weighted by Crippen LogP contribution is 2.32. The molecule has 0 spiro atoms. The van der Waals surface area contributed by atoms with Gasteiger partial charge in [-0.25, -0.2) is 4.98 Å². The van der Waals surface area contributed by atoms with Gasteiger partial charge in [-0.05, 0) is 31.4 Å². The summed E-state index contributed by atoms with van der Waals surface area (Å²) in [6.07, 6.45) is 1.40. The van der Waals surface area contributed by atoms with E-state index in [0.717, 1.165) is 33.5 Å². The van der Waals surface area contributed by atoms with Gasteiger partial charge < -0.3 is 15.0 Å². The summed E-state index contributed by atoms with van der Waals surface area (Å²) in [7, 11) is 1.63. The van der Waals surface area contributed by atoms with E-state index in [-0.39, 0.29) is 17.4 Å². The van der Waals surface area contributed by atoms with E-state index >= 15 is 0 Å². The standard InChI is InChI=1S/C27H28N4O3S/c1-17-6-5-8-19(14-17)21-16-35-24-23(21)29-27(30-26(24)33)31-12-10-18(11-13-31)25(32)28-15-20-7-3-4-9-22(20)34-2/h3-9,14,16,18H,10-13,15H2,1-2H3,(H,28,32)(H,29,30,33). The fraction of sp³-hybridized carbons (Fsp3) is 0.296. The largest absolute Gasteiger partial charge is 0.496 e. The quantitative estimate of drug-likeness (QED) is 0.417. The summed E-state index contributed by atoms with van der Waals surface area (Å²) >= 11 is 1.42. The number of piperidine rings is 1. The molecule has 0 unspecified atom stereocenters. The molecule has 1 amide bonds. The van der Waals surface area contributed by atoms with E-state index in [1.54, 1.807) is 7.11 Å². The van der Waals surface area contributed by atoms with Gasteiger partial charge in [0.2, 0.25) is 11.9 Å². The van der Waals surface area contributed by atoms with Crippen molar-refractivity contribution < 1.29 is 9.53 Å². The Labute approximate surface area is 207 Å². The van der Waals surface area contributed by atoms with Gasteiger partial charge in [-0.3, -0.25) is 14.6 Å². The number of carbonyl (C=O) groups is 1. The summed E-state index contributed by atoms with van der Waals surface area (Å²) in [6.45, 7) is 3.81. The monoisotopic (exact) mass is 488 g/mol. The molecule has 2 aromatic heterocycles. The molecule has 35 heavy (non-hydrogen) atoms. The van der Waals surface area contributed by atoms with Crippen molar-refractivity contribution in [3.8, 4) is 16.9 Å². The molecule has 1 aliphatic heterocycles. The molecule has 180 valence electrons. The second-order valence-electron chi connectivity index (χ2n) is 8.88. The number of hydrogen-bond acceptors (Lipinski definition) is 6. The molecule has 1 fully saturated rings. The van der Waals surface area contributed by atoms with E-state index in [9.17, 15) is 9.59 Å². The number of para-hydroxylation sites is 1. The van der Waals surface area contributed by atoms with Crippen molar-refractivity contribution in [2.24, 2.45) is 5.92 Å². The van der Waals surface area contributed by atoms with E-state index in [1.807, 2.05) is 41.8 Å².